The molecule has 0 aliphatic carbocycles. The largest absolute Gasteiger partial charge is 0.322 e. The molecule has 0 spiro atoms. The van der Waals surface area contributed by atoms with Crippen LogP contribution in [0, 0.1) is 0 Å². The van der Waals surface area contributed by atoms with Crippen LogP contribution in [0.25, 0.3) is 0 Å². The van der Waals surface area contributed by atoms with Gasteiger partial charge in [0.15, 0.2) is 0 Å². The highest BCUT2D eigenvalue weighted by atomic mass is 32.2. The van der Waals surface area contributed by atoms with Gasteiger partial charge >= 0.3 is 0 Å². The topological polar surface area (TPSA) is 59.8 Å². The Bertz CT molecular complexity index is 1060. The van der Waals surface area contributed by atoms with Crippen LogP contribution in [-0.2, 0) is 6.54 Å². The van der Waals surface area contributed by atoms with Gasteiger partial charge in [0.25, 0.3) is 5.91 Å². The van der Waals surface area contributed by atoms with Crippen molar-refractivity contribution in [1.29, 1.82) is 0 Å². The Morgan fingerprint density at radius 1 is 0.964 bits per heavy atom. The van der Waals surface area contributed by atoms with Crippen molar-refractivity contribution in [2.45, 2.75) is 16.5 Å². The van der Waals surface area contributed by atoms with Crippen LogP contribution in [-0.4, -0.2) is 20.7 Å². The van der Waals surface area contributed by atoms with Crippen molar-refractivity contribution < 1.29 is 4.79 Å². The summed E-state index contributed by atoms with van der Waals surface area (Å²) in [5.41, 5.74) is 2.36. The van der Waals surface area contributed by atoms with Gasteiger partial charge in [0, 0.05) is 29.2 Å². The van der Waals surface area contributed by atoms with Gasteiger partial charge in [-0.3, -0.25) is 9.48 Å². The lowest BCUT2D eigenvalue weighted by Crippen LogP contribution is -2.14. The number of carbonyl (C=O) groups excluding carboxylic acids is 1. The number of rotatable bonds is 6. The number of nitrogens with one attached hydrogen (secondary N) is 1. The van der Waals surface area contributed by atoms with Crippen molar-refractivity contribution in [3.63, 3.8) is 0 Å². The van der Waals surface area contributed by atoms with E-state index in [-0.39, 0.29) is 5.91 Å². The Kier molecular flexibility index (Phi) is 5.49. The number of aromatic nitrogens is 3. The standard InChI is InChI=1S/C22H18N4OS/c27-21(20-11-5-12-23-22(20)28-19-9-2-1-3-10-19)25-18-8-4-7-17(15-18)16-26-14-6-13-24-26/h1-15H,16H2,(H,25,27). The summed E-state index contributed by atoms with van der Waals surface area (Å²) in [5, 5.41) is 7.88. The summed E-state index contributed by atoms with van der Waals surface area (Å²) < 4.78 is 1.84. The molecule has 0 fully saturated rings. The lowest BCUT2D eigenvalue weighted by Gasteiger charge is -2.10. The summed E-state index contributed by atoms with van der Waals surface area (Å²) >= 11 is 1.48. The molecule has 0 atom stereocenters. The van der Waals surface area contributed by atoms with Crippen molar-refractivity contribution in [2.24, 2.45) is 0 Å². The first-order valence-electron chi connectivity index (χ1n) is 8.83. The average Bonchev–Trinajstić information content (AvgIpc) is 3.22. The Labute approximate surface area is 167 Å². The maximum atomic E-state index is 12.9. The van der Waals surface area contributed by atoms with Gasteiger partial charge in [-0.25, -0.2) is 4.98 Å². The maximum absolute atomic E-state index is 12.9. The van der Waals surface area contributed by atoms with Crippen molar-refractivity contribution >= 4 is 23.4 Å². The monoisotopic (exact) mass is 386 g/mol. The second kappa shape index (κ2) is 8.54. The number of amides is 1. The van der Waals surface area contributed by atoms with E-state index in [1.807, 2.05) is 71.5 Å². The van der Waals surface area contributed by atoms with E-state index >= 15 is 0 Å². The molecule has 2 heterocycles. The Morgan fingerprint density at radius 3 is 2.68 bits per heavy atom. The molecule has 0 saturated carbocycles. The molecule has 2 aromatic carbocycles. The van der Waals surface area contributed by atoms with Crippen LogP contribution >= 0.6 is 11.8 Å². The van der Waals surface area contributed by atoms with Crippen molar-refractivity contribution in [3.05, 3.63) is 103 Å². The Morgan fingerprint density at radius 2 is 1.86 bits per heavy atom. The van der Waals surface area contributed by atoms with Crippen molar-refractivity contribution in [2.75, 3.05) is 5.32 Å². The van der Waals surface area contributed by atoms with Gasteiger partial charge in [0.2, 0.25) is 0 Å². The molecular formula is C22H18N4OS. The number of nitrogens with zero attached hydrogens (tertiary/aromatic N) is 3. The molecule has 0 unspecified atom stereocenters. The number of hydrogen-bond acceptors (Lipinski definition) is 4. The summed E-state index contributed by atoms with van der Waals surface area (Å²) in [6.07, 6.45) is 5.36. The maximum Gasteiger partial charge on any atom is 0.258 e. The molecular weight excluding hydrogens is 368 g/mol. The van der Waals surface area contributed by atoms with Crippen molar-refractivity contribution in [3.8, 4) is 0 Å². The van der Waals surface area contributed by atoms with Crippen LogP contribution in [0.1, 0.15) is 15.9 Å². The zero-order valence-corrected chi connectivity index (χ0v) is 15.8. The molecule has 1 amide bonds. The number of pyridine rings is 1. The fourth-order valence-corrected chi connectivity index (χ4v) is 3.67. The summed E-state index contributed by atoms with van der Waals surface area (Å²) in [5.74, 6) is -0.178. The first-order chi connectivity index (χ1) is 13.8. The Hall–Kier alpha value is -3.38. The number of anilines is 1. The lowest BCUT2D eigenvalue weighted by molar-refractivity contribution is 0.102. The molecule has 2 aromatic heterocycles. The second-order valence-electron chi connectivity index (χ2n) is 6.13. The molecule has 6 heteroatoms. The fourth-order valence-electron chi connectivity index (χ4n) is 2.77. The highest BCUT2D eigenvalue weighted by Gasteiger charge is 2.14. The van der Waals surface area contributed by atoms with Gasteiger partial charge in [-0.1, -0.05) is 42.1 Å². The predicted molar refractivity (Wildman–Crippen MR) is 111 cm³/mol. The normalized spacial score (nSPS) is 10.6. The van der Waals surface area contributed by atoms with Gasteiger partial charge in [-0.2, -0.15) is 5.10 Å². The smallest absolute Gasteiger partial charge is 0.258 e. The van der Waals surface area contributed by atoms with E-state index in [0.717, 1.165) is 16.1 Å². The van der Waals surface area contributed by atoms with Gasteiger partial charge in [-0.05, 0) is 48.0 Å². The summed E-state index contributed by atoms with van der Waals surface area (Å²) in [7, 11) is 0. The minimum absolute atomic E-state index is 0.178. The second-order valence-corrected chi connectivity index (χ2v) is 7.19. The lowest BCUT2D eigenvalue weighted by atomic mass is 10.2. The molecule has 5 nitrogen and oxygen atoms in total. The Balaban J connectivity index is 1.51. The zero-order chi connectivity index (χ0) is 19.2. The van der Waals surface area contributed by atoms with Gasteiger partial charge in [-0.15, -0.1) is 0 Å². The van der Waals surface area contributed by atoms with Crippen LogP contribution < -0.4 is 5.32 Å². The van der Waals surface area contributed by atoms with Crippen LogP contribution in [0.2, 0.25) is 0 Å². The third kappa shape index (κ3) is 4.47. The molecule has 0 aliphatic heterocycles. The van der Waals surface area contributed by atoms with Gasteiger partial charge in [0.05, 0.1) is 12.1 Å². The molecule has 0 saturated heterocycles. The fraction of sp³-hybridized carbons (Fsp3) is 0.0455. The quantitative estimate of drug-likeness (QED) is 0.520. The van der Waals surface area contributed by atoms with Crippen molar-refractivity contribution in [1.82, 2.24) is 14.8 Å². The van der Waals surface area contributed by atoms with E-state index in [2.05, 4.69) is 15.4 Å². The van der Waals surface area contributed by atoms with Crippen LogP contribution in [0.5, 0.6) is 0 Å². The number of hydrogen-bond donors (Lipinski definition) is 1. The van der Waals surface area contributed by atoms with Crippen LogP contribution in [0.4, 0.5) is 5.69 Å². The van der Waals surface area contributed by atoms with Gasteiger partial charge < -0.3 is 5.32 Å². The van der Waals surface area contributed by atoms with E-state index in [0.29, 0.717) is 17.1 Å². The molecule has 28 heavy (non-hydrogen) atoms. The summed E-state index contributed by atoms with van der Waals surface area (Å²) in [6.45, 7) is 0.652. The van der Waals surface area contributed by atoms with Gasteiger partial charge in [0.1, 0.15) is 5.03 Å². The van der Waals surface area contributed by atoms with E-state index in [9.17, 15) is 4.79 Å². The molecule has 138 valence electrons. The molecule has 1 N–H and O–H groups in total. The molecule has 4 rings (SSSR count). The third-order valence-electron chi connectivity index (χ3n) is 4.06. The first kappa shape index (κ1) is 18.0. The predicted octanol–water partition coefficient (Wildman–Crippen LogP) is 4.73. The molecule has 0 radical (unpaired) electrons. The minimum Gasteiger partial charge on any atom is -0.322 e. The highest BCUT2D eigenvalue weighted by molar-refractivity contribution is 7.99. The molecule has 4 aromatic rings. The average molecular weight is 386 g/mol. The molecule has 0 aliphatic rings. The number of carbonyl (C=O) groups is 1. The summed E-state index contributed by atoms with van der Waals surface area (Å²) in [4.78, 5) is 18.3. The van der Waals surface area contributed by atoms with E-state index in [1.165, 1.54) is 11.8 Å². The first-order valence-corrected chi connectivity index (χ1v) is 9.65. The van der Waals surface area contributed by atoms with Crippen LogP contribution in [0.3, 0.4) is 0 Å². The van der Waals surface area contributed by atoms with Crippen LogP contribution in [0.15, 0.2) is 101 Å². The minimum atomic E-state index is -0.178. The summed E-state index contributed by atoms with van der Waals surface area (Å²) in [6, 6.07) is 23.1. The SMILES string of the molecule is O=C(Nc1cccc(Cn2cccn2)c1)c1cccnc1Sc1ccccc1. The zero-order valence-electron chi connectivity index (χ0n) is 15.0. The number of benzene rings is 2. The van der Waals surface area contributed by atoms with E-state index in [1.54, 1.807) is 24.5 Å². The third-order valence-corrected chi connectivity index (χ3v) is 5.09. The highest BCUT2D eigenvalue weighted by Crippen LogP contribution is 2.28. The molecule has 0 bridgehead atoms. The van der Waals surface area contributed by atoms with E-state index in [4.69, 9.17) is 0 Å². The van der Waals surface area contributed by atoms with E-state index < -0.39 is 0 Å².